The molecule has 1 unspecified atom stereocenters. The van der Waals surface area contributed by atoms with E-state index in [1.165, 1.54) is 10.4 Å². The summed E-state index contributed by atoms with van der Waals surface area (Å²) in [5, 5.41) is 0. The first-order valence-corrected chi connectivity index (χ1v) is 7.97. The lowest BCUT2D eigenvalue weighted by molar-refractivity contribution is 0.368. The summed E-state index contributed by atoms with van der Waals surface area (Å²) in [4.78, 5) is 0.0920. The minimum atomic E-state index is -3.59. The Morgan fingerprint density at radius 1 is 1.44 bits per heavy atom. The highest BCUT2D eigenvalue weighted by molar-refractivity contribution is 9.10. The maximum Gasteiger partial charge on any atom is 0.244 e. The van der Waals surface area contributed by atoms with Crippen molar-refractivity contribution in [1.29, 1.82) is 0 Å². The highest BCUT2D eigenvalue weighted by atomic mass is 79.9. The van der Waals surface area contributed by atoms with Crippen molar-refractivity contribution in [3.05, 3.63) is 28.5 Å². The molecule has 0 radical (unpaired) electrons. The fourth-order valence-electron chi connectivity index (χ4n) is 1.68. The SMILES string of the molecule is CCCC(C)N(C)S(=O)(=O)c1ccc(F)cc1Br. The van der Waals surface area contributed by atoms with Crippen LogP contribution in [0.15, 0.2) is 27.6 Å². The standard InChI is InChI=1S/C12H17BrFNO2S/c1-4-5-9(2)15(3)18(16,17)12-7-6-10(14)8-11(12)13/h6-9H,4-5H2,1-3H3. The average molecular weight is 338 g/mol. The van der Waals surface area contributed by atoms with Crippen LogP contribution in [0, 0.1) is 5.82 Å². The van der Waals surface area contributed by atoms with Gasteiger partial charge in [-0.25, -0.2) is 12.8 Å². The molecule has 0 saturated heterocycles. The highest BCUT2D eigenvalue weighted by Gasteiger charge is 2.26. The Labute approximate surface area is 116 Å². The van der Waals surface area contributed by atoms with Crippen LogP contribution < -0.4 is 0 Å². The van der Waals surface area contributed by atoms with Crippen molar-refractivity contribution < 1.29 is 12.8 Å². The molecule has 0 N–H and O–H groups in total. The van der Waals surface area contributed by atoms with E-state index >= 15 is 0 Å². The van der Waals surface area contributed by atoms with Gasteiger partial charge in [0, 0.05) is 17.6 Å². The number of halogens is 2. The Bertz CT molecular complexity index is 519. The highest BCUT2D eigenvalue weighted by Crippen LogP contribution is 2.26. The topological polar surface area (TPSA) is 37.4 Å². The summed E-state index contributed by atoms with van der Waals surface area (Å²) in [6.07, 6.45) is 1.69. The molecule has 18 heavy (non-hydrogen) atoms. The third-order valence-corrected chi connectivity index (χ3v) is 5.83. The van der Waals surface area contributed by atoms with Gasteiger partial charge in [0.1, 0.15) is 5.82 Å². The summed E-state index contributed by atoms with van der Waals surface area (Å²) in [5.41, 5.74) is 0. The lowest BCUT2D eigenvalue weighted by atomic mass is 10.2. The predicted molar refractivity (Wildman–Crippen MR) is 73.4 cm³/mol. The van der Waals surface area contributed by atoms with Crippen LogP contribution in [0.3, 0.4) is 0 Å². The van der Waals surface area contributed by atoms with Gasteiger partial charge in [0.15, 0.2) is 0 Å². The first kappa shape index (κ1) is 15.6. The molecule has 102 valence electrons. The number of hydrogen-bond donors (Lipinski definition) is 0. The Morgan fingerprint density at radius 2 is 2.06 bits per heavy atom. The molecule has 0 aliphatic heterocycles. The fourth-order valence-corrected chi connectivity index (χ4v) is 4.08. The van der Waals surface area contributed by atoms with Crippen molar-refractivity contribution in [3.8, 4) is 0 Å². The van der Waals surface area contributed by atoms with Crippen molar-refractivity contribution in [2.45, 2.75) is 37.6 Å². The Hall–Kier alpha value is -0.460. The number of benzene rings is 1. The Kier molecular flexibility index (Phi) is 5.31. The predicted octanol–water partition coefficient (Wildman–Crippen LogP) is 3.40. The Balaban J connectivity index is 3.13. The van der Waals surface area contributed by atoms with Gasteiger partial charge in [-0.15, -0.1) is 0 Å². The number of rotatable bonds is 5. The molecule has 0 bridgehead atoms. The van der Waals surface area contributed by atoms with E-state index in [9.17, 15) is 12.8 Å². The number of hydrogen-bond acceptors (Lipinski definition) is 2. The van der Waals surface area contributed by atoms with E-state index < -0.39 is 15.8 Å². The summed E-state index contributed by atoms with van der Waals surface area (Å²) in [5.74, 6) is -0.468. The zero-order valence-electron chi connectivity index (χ0n) is 10.7. The van der Waals surface area contributed by atoms with Crippen molar-refractivity contribution in [1.82, 2.24) is 4.31 Å². The third-order valence-electron chi connectivity index (χ3n) is 2.88. The average Bonchev–Trinajstić information content (AvgIpc) is 2.27. The molecular weight excluding hydrogens is 321 g/mol. The second-order valence-electron chi connectivity index (χ2n) is 4.23. The maximum absolute atomic E-state index is 13.0. The van der Waals surface area contributed by atoms with Gasteiger partial charge in [-0.3, -0.25) is 0 Å². The van der Waals surface area contributed by atoms with Gasteiger partial charge in [0.25, 0.3) is 0 Å². The second kappa shape index (κ2) is 6.12. The molecule has 0 aromatic heterocycles. The van der Waals surface area contributed by atoms with E-state index in [1.807, 2.05) is 13.8 Å². The third kappa shape index (κ3) is 3.30. The van der Waals surface area contributed by atoms with Crippen LogP contribution >= 0.6 is 15.9 Å². The van der Waals surface area contributed by atoms with Gasteiger partial charge in [0.2, 0.25) is 10.0 Å². The van der Waals surface area contributed by atoms with Gasteiger partial charge < -0.3 is 0 Å². The molecule has 1 aromatic carbocycles. The van der Waals surface area contributed by atoms with Gasteiger partial charge >= 0.3 is 0 Å². The quantitative estimate of drug-likeness (QED) is 0.825. The monoisotopic (exact) mass is 337 g/mol. The van der Waals surface area contributed by atoms with Crippen LogP contribution in [0.4, 0.5) is 4.39 Å². The van der Waals surface area contributed by atoms with Gasteiger partial charge in [0.05, 0.1) is 4.90 Å². The minimum absolute atomic E-state index is 0.0862. The zero-order chi connectivity index (χ0) is 13.9. The molecule has 3 nitrogen and oxygen atoms in total. The van der Waals surface area contributed by atoms with Gasteiger partial charge in [-0.1, -0.05) is 13.3 Å². The van der Waals surface area contributed by atoms with E-state index in [4.69, 9.17) is 0 Å². The van der Waals surface area contributed by atoms with E-state index in [2.05, 4.69) is 15.9 Å². The first-order chi connectivity index (χ1) is 8.30. The largest absolute Gasteiger partial charge is 0.244 e. The molecule has 0 spiro atoms. The molecule has 6 heteroatoms. The summed E-state index contributed by atoms with van der Waals surface area (Å²) < 4.78 is 39.3. The van der Waals surface area contributed by atoms with Crippen molar-refractivity contribution >= 4 is 26.0 Å². The number of sulfonamides is 1. The molecule has 1 aromatic rings. The summed E-state index contributed by atoms with van der Waals surface area (Å²) >= 11 is 3.09. The molecule has 0 aliphatic carbocycles. The van der Waals surface area contributed by atoms with Crippen LogP contribution in [-0.4, -0.2) is 25.8 Å². The van der Waals surface area contributed by atoms with Crippen LogP contribution in [0.1, 0.15) is 26.7 Å². The molecule has 1 atom stereocenters. The molecule has 0 heterocycles. The first-order valence-electron chi connectivity index (χ1n) is 5.73. The molecule has 0 aliphatic rings. The Morgan fingerprint density at radius 3 is 2.56 bits per heavy atom. The van der Waals surface area contributed by atoms with Gasteiger partial charge in [-0.2, -0.15) is 4.31 Å². The molecular formula is C12H17BrFNO2S. The summed E-state index contributed by atoms with van der Waals surface area (Å²) in [7, 11) is -2.04. The van der Waals surface area contributed by atoms with E-state index in [0.29, 0.717) is 0 Å². The fraction of sp³-hybridized carbons (Fsp3) is 0.500. The minimum Gasteiger partial charge on any atom is -0.207 e. The van der Waals surface area contributed by atoms with Crippen molar-refractivity contribution in [3.63, 3.8) is 0 Å². The van der Waals surface area contributed by atoms with E-state index in [-0.39, 0.29) is 15.4 Å². The van der Waals surface area contributed by atoms with Crippen LogP contribution in [0.25, 0.3) is 0 Å². The van der Waals surface area contributed by atoms with Crippen molar-refractivity contribution in [2.75, 3.05) is 7.05 Å². The molecule has 1 rings (SSSR count). The van der Waals surface area contributed by atoms with E-state index in [0.717, 1.165) is 25.0 Å². The molecule has 0 amide bonds. The maximum atomic E-state index is 13.0. The zero-order valence-corrected chi connectivity index (χ0v) is 13.1. The molecule has 0 saturated carbocycles. The number of nitrogens with zero attached hydrogens (tertiary/aromatic N) is 1. The smallest absolute Gasteiger partial charge is 0.207 e. The molecule has 0 fully saturated rings. The van der Waals surface area contributed by atoms with Crippen molar-refractivity contribution in [2.24, 2.45) is 0 Å². The van der Waals surface area contributed by atoms with Crippen LogP contribution in [0.2, 0.25) is 0 Å². The van der Waals surface area contributed by atoms with E-state index in [1.54, 1.807) is 7.05 Å². The lowest BCUT2D eigenvalue weighted by Crippen LogP contribution is -2.35. The second-order valence-corrected chi connectivity index (χ2v) is 7.05. The van der Waals surface area contributed by atoms with Crippen LogP contribution in [0.5, 0.6) is 0 Å². The normalized spacial score (nSPS) is 13.9. The van der Waals surface area contributed by atoms with Gasteiger partial charge in [-0.05, 0) is 47.5 Å². The van der Waals surface area contributed by atoms with Crippen LogP contribution in [-0.2, 0) is 10.0 Å². The summed E-state index contributed by atoms with van der Waals surface area (Å²) in [6.45, 7) is 3.86. The summed E-state index contributed by atoms with van der Waals surface area (Å²) in [6, 6.07) is 3.50. The lowest BCUT2D eigenvalue weighted by Gasteiger charge is -2.24.